The van der Waals surface area contributed by atoms with Gasteiger partial charge in [0, 0.05) is 25.2 Å². The predicted molar refractivity (Wildman–Crippen MR) is 102 cm³/mol. The van der Waals surface area contributed by atoms with Crippen molar-refractivity contribution in [3.8, 4) is 10.6 Å². The van der Waals surface area contributed by atoms with Crippen molar-refractivity contribution in [2.75, 3.05) is 0 Å². The highest BCUT2D eigenvalue weighted by atomic mass is 32.1. The van der Waals surface area contributed by atoms with Gasteiger partial charge in [0.2, 0.25) is 5.91 Å². The number of carbonyl (C=O) groups excluding carboxylic acids is 1. The Hall–Kier alpha value is -3.60. The number of thiophene rings is 1. The second kappa shape index (κ2) is 7.56. The summed E-state index contributed by atoms with van der Waals surface area (Å²) in [6.45, 7) is 0.310. The Morgan fingerprint density at radius 1 is 1.18 bits per heavy atom. The summed E-state index contributed by atoms with van der Waals surface area (Å²) in [5, 5.41) is 17.4. The number of carbonyl (C=O) groups is 1. The molecule has 0 aliphatic rings. The molecular formula is C17H15N7O3S. The van der Waals surface area contributed by atoms with E-state index in [0.29, 0.717) is 11.5 Å². The number of fused-ring (bicyclic) bond motifs is 1. The van der Waals surface area contributed by atoms with Crippen molar-refractivity contribution < 1.29 is 4.79 Å². The molecule has 0 atom stereocenters. The fourth-order valence-corrected chi connectivity index (χ4v) is 3.30. The molecule has 11 heteroatoms. The molecular weight excluding hydrogens is 382 g/mol. The molecule has 0 bridgehead atoms. The second-order valence-corrected chi connectivity index (χ2v) is 6.86. The molecule has 0 aliphatic heterocycles. The molecule has 0 spiro atoms. The van der Waals surface area contributed by atoms with Crippen LogP contribution in [0.3, 0.4) is 0 Å². The molecule has 0 unspecified atom stereocenters. The number of hydrogen-bond acceptors (Lipinski definition) is 7. The van der Waals surface area contributed by atoms with Crippen LogP contribution in [0.25, 0.3) is 16.2 Å². The first-order chi connectivity index (χ1) is 13.6. The predicted octanol–water partition coefficient (Wildman–Crippen LogP) is 0.409. The van der Waals surface area contributed by atoms with Gasteiger partial charge in [-0.15, -0.1) is 21.5 Å². The number of rotatable bonds is 6. The minimum absolute atomic E-state index is 0.0799. The van der Waals surface area contributed by atoms with Gasteiger partial charge in [-0.1, -0.05) is 6.07 Å². The molecule has 4 heterocycles. The highest BCUT2D eigenvalue weighted by Gasteiger charge is 2.11. The molecule has 2 N–H and O–H groups in total. The van der Waals surface area contributed by atoms with E-state index in [-0.39, 0.29) is 25.4 Å². The molecule has 0 aliphatic carbocycles. The molecule has 4 rings (SSSR count). The van der Waals surface area contributed by atoms with Crippen LogP contribution in [0.2, 0.25) is 0 Å². The number of hydrogen-bond donors (Lipinski definition) is 2. The van der Waals surface area contributed by atoms with Gasteiger partial charge in [0.05, 0.1) is 11.4 Å². The SMILES string of the molecule is O=C(CCn1ccc(=O)[nH]c1=O)NCc1nnc2ccc(-c3cccs3)nn12. The molecule has 0 radical (unpaired) electrons. The highest BCUT2D eigenvalue weighted by Crippen LogP contribution is 2.22. The summed E-state index contributed by atoms with van der Waals surface area (Å²) >= 11 is 1.58. The first-order valence-corrected chi connectivity index (χ1v) is 9.30. The van der Waals surface area contributed by atoms with Crippen LogP contribution in [0.4, 0.5) is 0 Å². The Morgan fingerprint density at radius 3 is 2.86 bits per heavy atom. The molecule has 0 aromatic carbocycles. The van der Waals surface area contributed by atoms with Crippen LogP contribution in [0, 0.1) is 0 Å². The summed E-state index contributed by atoms with van der Waals surface area (Å²) in [4.78, 5) is 37.9. The average Bonchev–Trinajstić information content (AvgIpc) is 3.35. The van der Waals surface area contributed by atoms with E-state index in [1.165, 1.54) is 16.8 Å². The maximum atomic E-state index is 12.1. The number of H-pyrrole nitrogens is 1. The Balaban J connectivity index is 1.42. The van der Waals surface area contributed by atoms with Crippen molar-refractivity contribution in [3.63, 3.8) is 0 Å². The van der Waals surface area contributed by atoms with Crippen molar-refractivity contribution >= 4 is 22.9 Å². The molecule has 28 heavy (non-hydrogen) atoms. The maximum Gasteiger partial charge on any atom is 0.328 e. The molecule has 4 aromatic rings. The van der Waals surface area contributed by atoms with Crippen molar-refractivity contribution in [1.29, 1.82) is 0 Å². The lowest BCUT2D eigenvalue weighted by Gasteiger charge is -2.06. The number of nitrogens with one attached hydrogen (secondary N) is 2. The van der Waals surface area contributed by atoms with E-state index in [1.54, 1.807) is 15.9 Å². The van der Waals surface area contributed by atoms with E-state index < -0.39 is 11.2 Å². The van der Waals surface area contributed by atoms with Crippen molar-refractivity contribution in [3.05, 3.63) is 68.6 Å². The molecule has 4 aromatic heterocycles. The Labute approximate surface area is 161 Å². The van der Waals surface area contributed by atoms with Gasteiger partial charge in [-0.2, -0.15) is 9.61 Å². The van der Waals surface area contributed by atoms with E-state index in [2.05, 4.69) is 25.6 Å². The van der Waals surface area contributed by atoms with Crippen LogP contribution in [-0.2, 0) is 17.9 Å². The van der Waals surface area contributed by atoms with Crippen LogP contribution in [-0.4, -0.2) is 35.3 Å². The first kappa shape index (κ1) is 17.8. The van der Waals surface area contributed by atoms with Gasteiger partial charge < -0.3 is 9.88 Å². The minimum Gasteiger partial charge on any atom is -0.349 e. The Morgan fingerprint density at radius 2 is 2.07 bits per heavy atom. The monoisotopic (exact) mass is 397 g/mol. The standard InChI is InChI=1S/C17H15N7O3S/c25-15(5-7-23-8-6-16(26)19-17(23)27)18-10-14-21-20-13-4-3-11(22-24(13)14)12-2-1-9-28-12/h1-4,6,8-9H,5,7,10H2,(H,18,25)(H,19,26,27). The van der Waals surface area contributed by atoms with Crippen LogP contribution in [0.15, 0.2) is 51.5 Å². The zero-order valence-corrected chi connectivity index (χ0v) is 15.3. The van der Waals surface area contributed by atoms with Crippen molar-refractivity contribution in [1.82, 2.24) is 34.7 Å². The van der Waals surface area contributed by atoms with E-state index in [1.807, 2.05) is 29.6 Å². The average molecular weight is 397 g/mol. The topological polar surface area (TPSA) is 127 Å². The number of nitrogens with zero attached hydrogens (tertiary/aromatic N) is 5. The smallest absolute Gasteiger partial charge is 0.328 e. The van der Waals surface area contributed by atoms with E-state index >= 15 is 0 Å². The van der Waals surface area contributed by atoms with Crippen LogP contribution in [0.1, 0.15) is 12.2 Å². The lowest BCUT2D eigenvalue weighted by Crippen LogP contribution is -2.31. The van der Waals surface area contributed by atoms with E-state index in [9.17, 15) is 14.4 Å². The normalized spacial score (nSPS) is 11.0. The summed E-state index contributed by atoms with van der Waals surface area (Å²) in [6, 6.07) is 8.86. The van der Waals surface area contributed by atoms with E-state index in [4.69, 9.17) is 0 Å². The Kier molecular flexibility index (Phi) is 4.81. The van der Waals surface area contributed by atoms with Crippen LogP contribution < -0.4 is 16.6 Å². The zero-order valence-electron chi connectivity index (χ0n) is 14.5. The van der Waals surface area contributed by atoms with Gasteiger partial charge in [-0.25, -0.2) is 4.79 Å². The van der Waals surface area contributed by atoms with Gasteiger partial charge in [0.15, 0.2) is 11.5 Å². The summed E-state index contributed by atoms with van der Waals surface area (Å²) in [5.41, 5.74) is 0.365. The minimum atomic E-state index is -0.547. The van der Waals surface area contributed by atoms with Crippen LogP contribution >= 0.6 is 11.3 Å². The lowest BCUT2D eigenvalue weighted by molar-refractivity contribution is -0.121. The summed E-state index contributed by atoms with van der Waals surface area (Å²) in [7, 11) is 0. The molecule has 0 saturated heterocycles. The van der Waals surface area contributed by atoms with Gasteiger partial charge in [-0.05, 0) is 23.6 Å². The fraction of sp³-hybridized carbons (Fsp3) is 0.176. The summed E-state index contributed by atoms with van der Waals surface area (Å²) in [5.74, 6) is 0.243. The van der Waals surface area contributed by atoms with Crippen LogP contribution in [0.5, 0.6) is 0 Å². The molecule has 1 amide bonds. The third kappa shape index (κ3) is 3.74. The van der Waals surface area contributed by atoms with E-state index in [0.717, 1.165) is 10.6 Å². The fourth-order valence-electron chi connectivity index (χ4n) is 2.61. The zero-order chi connectivity index (χ0) is 19.5. The van der Waals surface area contributed by atoms with Crippen molar-refractivity contribution in [2.24, 2.45) is 0 Å². The number of aromatic amines is 1. The summed E-state index contributed by atoms with van der Waals surface area (Å²) in [6.07, 6.45) is 1.44. The largest absolute Gasteiger partial charge is 0.349 e. The maximum absolute atomic E-state index is 12.1. The quantitative estimate of drug-likeness (QED) is 0.485. The summed E-state index contributed by atoms with van der Waals surface area (Å²) < 4.78 is 2.87. The second-order valence-electron chi connectivity index (χ2n) is 5.91. The van der Waals surface area contributed by atoms with Crippen molar-refractivity contribution in [2.45, 2.75) is 19.5 Å². The number of amides is 1. The van der Waals surface area contributed by atoms with Gasteiger partial charge in [-0.3, -0.25) is 14.6 Å². The number of aryl methyl sites for hydroxylation is 1. The number of aromatic nitrogens is 6. The molecule has 10 nitrogen and oxygen atoms in total. The van der Waals surface area contributed by atoms with Gasteiger partial charge in [0.25, 0.3) is 5.56 Å². The third-order valence-electron chi connectivity index (χ3n) is 4.02. The lowest BCUT2D eigenvalue weighted by atomic mass is 10.3. The Bertz CT molecular complexity index is 1240. The molecule has 0 saturated carbocycles. The van der Waals surface area contributed by atoms with Gasteiger partial charge >= 0.3 is 5.69 Å². The third-order valence-corrected chi connectivity index (χ3v) is 4.91. The molecule has 0 fully saturated rings. The molecule has 142 valence electrons. The highest BCUT2D eigenvalue weighted by molar-refractivity contribution is 7.13. The first-order valence-electron chi connectivity index (χ1n) is 8.42. The van der Waals surface area contributed by atoms with Gasteiger partial charge in [0.1, 0.15) is 5.69 Å².